The molecule has 1 aliphatic carbocycles. The highest BCUT2D eigenvalue weighted by molar-refractivity contribution is 6.09. The molecule has 1 unspecified atom stereocenters. The van der Waals surface area contributed by atoms with E-state index in [4.69, 9.17) is 9.73 Å². The predicted molar refractivity (Wildman–Crippen MR) is 122 cm³/mol. The van der Waals surface area contributed by atoms with Crippen LogP contribution in [0.15, 0.2) is 76.9 Å². The number of rotatable bonds is 5. The lowest BCUT2D eigenvalue weighted by Gasteiger charge is -2.36. The summed E-state index contributed by atoms with van der Waals surface area (Å²) >= 11 is 0. The first-order valence-corrected chi connectivity index (χ1v) is 11.0. The van der Waals surface area contributed by atoms with Crippen LogP contribution in [0.4, 0.5) is 0 Å². The maximum Gasteiger partial charge on any atom is 0.315 e. The smallest absolute Gasteiger partial charge is 0.315 e. The third-order valence-corrected chi connectivity index (χ3v) is 6.13. The van der Waals surface area contributed by atoms with Crippen LogP contribution in [0.3, 0.4) is 0 Å². The lowest BCUT2D eigenvalue weighted by Crippen LogP contribution is -2.38. The minimum absolute atomic E-state index is 0.0851. The molecule has 4 nitrogen and oxygen atoms in total. The molecule has 0 radical (unpaired) electrons. The number of hydrogen-bond donors (Lipinski definition) is 0. The molecule has 0 aromatic heterocycles. The molecule has 0 bridgehead atoms. The first-order chi connectivity index (χ1) is 15.0. The second-order valence-electron chi connectivity index (χ2n) is 8.94. The molecule has 2 aromatic rings. The number of benzene rings is 2. The zero-order valence-electron chi connectivity index (χ0n) is 18.4. The van der Waals surface area contributed by atoms with Crippen LogP contribution in [-0.2, 0) is 14.3 Å². The van der Waals surface area contributed by atoms with Crippen molar-refractivity contribution in [2.75, 3.05) is 6.61 Å². The highest BCUT2D eigenvalue weighted by atomic mass is 16.5. The number of ketones is 1. The third-order valence-electron chi connectivity index (χ3n) is 6.13. The quantitative estimate of drug-likeness (QED) is 0.609. The summed E-state index contributed by atoms with van der Waals surface area (Å²) in [4.78, 5) is 31.4. The van der Waals surface area contributed by atoms with Crippen molar-refractivity contribution in [3.8, 4) is 0 Å². The normalized spacial score (nSPS) is 23.4. The SMILES string of the molecule is CC1=NC2=C(C(=O)C[C@H](c3ccccc3)C2)[C@H](c2ccccc2)C1C(=O)OCC(C)C. The van der Waals surface area contributed by atoms with E-state index in [1.165, 1.54) is 0 Å². The number of Topliss-reactive ketones (excluding diaryl/α,β-unsaturated/α-hetero) is 1. The summed E-state index contributed by atoms with van der Waals surface area (Å²) < 4.78 is 5.62. The van der Waals surface area contributed by atoms with Crippen molar-refractivity contribution in [1.82, 2.24) is 0 Å². The van der Waals surface area contributed by atoms with Gasteiger partial charge in [0.2, 0.25) is 0 Å². The second kappa shape index (κ2) is 9.01. The summed E-state index contributed by atoms with van der Waals surface area (Å²) in [5.74, 6) is -0.771. The lowest BCUT2D eigenvalue weighted by atomic mass is 9.69. The molecule has 31 heavy (non-hydrogen) atoms. The highest BCUT2D eigenvalue weighted by Gasteiger charge is 2.44. The molecular formula is C27H29NO3. The van der Waals surface area contributed by atoms with Gasteiger partial charge in [-0.05, 0) is 36.3 Å². The number of aliphatic imine (C=N–C) groups is 1. The molecule has 1 aliphatic heterocycles. The Morgan fingerprint density at radius 1 is 1.00 bits per heavy atom. The number of allylic oxidation sites excluding steroid dienone is 2. The van der Waals surface area contributed by atoms with E-state index < -0.39 is 5.92 Å². The van der Waals surface area contributed by atoms with Crippen molar-refractivity contribution < 1.29 is 14.3 Å². The fourth-order valence-electron chi connectivity index (χ4n) is 4.68. The van der Waals surface area contributed by atoms with Crippen LogP contribution in [0.2, 0.25) is 0 Å². The van der Waals surface area contributed by atoms with Gasteiger partial charge in [0.15, 0.2) is 5.78 Å². The van der Waals surface area contributed by atoms with E-state index in [9.17, 15) is 9.59 Å². The largest absolute Gasteiger partial charge is 0.465 e. The van der Waals surface area contributed by atoms with E-state index in [0.717, 1.165) is 22.5 Å². The third kappa shape index (κ3) is 4.39. The lowest BCUT2D eigenvalue weighted by molar-refractivity contribution is -0.147. The minimum atomic E-state index is -0.572. The van der Waals surface area contributed by atoms with Crippen molar-refractivity contribution in [2.45, 2.75) is 45.4 Å². The maximum atomic E-state index is 13.5. The molecule has 1 heterocycles. The average molecular weight is 416 g/mol. The number of esters is 1. The van der Waals surface area contributed by atoms with Gasteiger partial charge in [-0.2, -0.15) is 0 Å². The van der Waals surface area contributed by atoms with Gasteiger partial charge >= 0.3 is 5.97 Å². The van der Waals surface area contributed by atoms with Crippen molar-refractivity contribution >= 4 is 17.5 Å². The maximum absolute atomic E-state index is 13.5. The van der Waals surface area contributed by atoms with Crippen LogP contribution in [0.1, 0.15) is 56.6 Å². The monoisotopic (exact) mass is 415 g/mol. The van der Waals surface area contributed by atoms with Crippen LogP contribution >= 0.6 is 0 Å². The van der Waals surface area contributed by atoms with Gasteiger partial charge in [-0.3, -0.25) is 14.6 Å². The van der Waals surface area contributed by atoms with E-state index in [-0.39, 0.29) is 29.5 Å². The second-order valence-corrected chi connectivity index (χ2v) is 8.94. The molecule has 4 rings (SSSR count). The first kappa shape index (κ1) is 21.2. The summed E-state index contributed by atoms with van der Waals surface area (Å²) in [6.07, 6.45) is 1.15. The van der Waals surface area contributed by atoms with E-state index in [2.05, 4.69) is 12.1 Å². The number of hydrogen-bond acceptors (Lipinski definition) is 4. The van der Waals surface area contributed by atoms with Crippen molar-refractivity contribution in [1.29, 1.82) is 0 Å². The number of nitrogens with zero attached hydrogens (tertiary/aromatic N) is 1. The molecule has 0 N–H and O–H groups in total. The van der Waals surface area contributed by atoms with E-state index in [0.29, 0.717) is 25.0 Å². The van der Waals surface area contributed by atoms with Crippen molar-refractivity contribution in [2.24, 2.45) is 16.8 Å². The molecule has 0 fully saturated rings. The van der Waals surface area contributed by atoms with Crippen molar-refractivity contribution in [3.63, 3.8) is 0 Å². The van der Waals surface area contributed by atoms with Gasteiger partial charge in [0.1, 0.15) is 5.92 Å². The van der Waals surface area contributed by atoms with E-state index >= 15 is 0 Å². The van der Waals surface area contributed by atoms with Crippen LogP contribution in [0, 0.1) is 11.8 Å². The molecule has 2 aromatic carbocycles. The van der Waals surface area contributed by atoms with Crippen LogP contribution in [-0.4, -0.2) is 24.1 Å². The fraction of sp³-hybridized carbons (Fsp3) is 0.370. The Hall–Kier alpha value is -3.01. The van der Waals surface area contributed by atoms with Gasteiger partial charge in [-0.25, -0.2) is 0 Å². The Kier molecular flexibility index (Phi) is 6.17. The number of carbonyl (C=O) groups excluding carboxylic acids is 2. The molecule has 4 heteroatoms. The summed E-state index contributed by atoms with van der Waals surface area (Å²) in [5.41, 5.74) is 4.36. The zero-order chi connectivity index (χ0) is 22.0. The average Bonchev–Trinajstić information content (AvgIpc) is 2.77. The standard InChI is InChI=1S/C27H29NO3/c1-17(2)16-31-27(30)24-18(3)28-22-14-21(19-10-6-4-7-11-19)15-23(29)26(22)25(24)20-12-8-5-9-13-20/h4-13,17,21,24-25H,14-16H2,1-3H3/t21-,24?,25-/m1/s1. The van der Waals surface area contributed by atoms with Crippen molar-refractivity contribution in [3.05, 3.63) is 83.1 Å². The Labute approximate surface area is 184 Å². The molecule has 0 spiro atoms. The van der Waals surface area contributed by atoms with Gasteiger partial charge in [0.25, 0.3) is 0 Å². The minimum Gasteiger partial charge on any atom is -0.465 e. The van der Waals surface area contributed by atoms with Crippen LogP contribution in [0.5, 0.6) is 0 Å². The molecule has 0 saturated heterocycles. The molecule has 160 valence electrons. The zero-order valence-corrected chi connectivity index (χ0v) is 18.4. The van der Waals surface area contributed by atoms with Gasteiger partial charge < -0.3 is 4.74 Å². The van der Waals surface area contributed by atoms with Crippen LogP contribution < -0.4 is 0 Å². The molecular weight excluding hydrogens is 386 g/mol. The Morgan fingerprint density at radius 2 is 1.61 bits per heavy atom. The number of carbonyl (C=O) groups is 2. The Morgan fingerprint density at radius 3 is 2.23 bits per heavy atom. The summed E-state index contributed by atoms with van der Waals surface area (Å²) in [5, 5.41) is 0. The van der Waals surface area contributed by atoms with Gasteiger partial charge in [-0.1, -0.05) is 74.5 Å². The molecule has 2 aliphatic rings. The van der Waals surface area contributed by atoms with E-state index in [1.54, 1.807) is 0 Å². The van der Waals surface area contributed by atoms with Gasteiger partial charge in [0, 0.05) is 29.3 Å². The molecule has 3 atom stereocenters. The summed E-state index contributed by atoms with van der Waals surface area (Å²) in [6, 6.07) is 20.0. The first-order valence-electron chi connectivity index (χ1n) is 11.0. The molecule has 0 amide bonds. The molecule has 0 saturated carbocycles. The fourth-order valence-corrected chi connectivity index (χ4v) is 4.68. The van der Waals surface area contributed by atoms with Crippen LogP contribution in [0.25, 0.3) is 0 Å². The highest BCUT2D eigenvalue weighted by Crippen LogP contribution is 2.46. The van der Waals surface area contributed by atoms with E-state index in [1.807, 2.05) is 69.3 Å². The summed E-state index contributed by atoms with van der Waals surface area (Å²) in [7, 11) is 0. The Bertz CT molecular complexity index is 1020. The summed E-state index contributed by atoms with van der Waals surface area (Å²) in [6.45, 7) is 6.27. The van der Waals surface area contributed by atoms with Gasteiger partial charge in [-0.15, -0.1) is 0 Å². The Balaban J connectivity index is 1.75. The predicted octanol–water partition coefficient (Wildman–Crippen LogP) is 5.46. The topological polar surface area (TPSA) is 55.7 Å². The van der Waals surface area contributed by atoms with Gasteiger partial charge in [0.05, 0.1) is 6.61 Å². The number of ether oxygens (including phenoxy) is 1.